The van der Waals surface area contributed by atoms with Gasteiger partial charge in [0, 0.05) is 6.92 Å². The zero-order valence-corrected chi connectivity index (χ0v) is 11.0. The molecule has 1 N–H and O–H groups in total. The molecule has 4 heteroatoms. The molecular weight excluding hydrogens is 204 g/mol. The van der Waals surface area contributed by atoms with Gasteiger partial charge < -0.3 is 14.9 Å². The van der Waals surface area contributed by atoms with E-state index in [1.54, 1.807) is 6.92 Å². The molecular formula is C12H22N2O2. The third-order valence-corrected chi connectivity index (χ3v) is 2.12. The Kier molecular flexibility index (Phi) is 5.29. The normalized spacial score (nSPS) is 15.1. The Morgan fingerprint density at radius 2 is 1.81 bits per heavy atom. The van der Waals surface area contributed by atoms with Crippen molar-refractivity contribution in [3.8, 4) is 0 Å². The average Bonchev–Trinajstić information content (AvgIpc) is 2.09. The van der Waals surface area contributed by atoms with Gasteiger partial charge in [-0.3, -0.25) is 0 Å². The third kappa shape index (κ3) is 5.59. The van der Waals surface area contributed by atoms with Gasteiger partial charge in [-0.05, 0) is 26.7 Å². The van der Waals surface area contributed by atoms with E-state index < -0.39 is 11.7 Å². The van der Waals surface area contributed by atoms with E-state index in [9.17, 15) is 4.79 Å². The zero-order valence-electron chi connectivity index (χ0n) is 11.0. The van der Waals surface area contributed by atoms with E-state index in [4.69, 9.17) is 11.3 Å². The van der Waals surface area contributed by atoms with Crippen molar-refractivity contribution in [2.24, 2.45) is 5.92 Å². The van der Waals surface area contributed by atoms with Crippen LogP contribution in [0.25, 0.3) is 4.85 Å². The van der Waals surface area contributed by atoms with Gasteiger partial charge in [0.2, 0.25) is 6.04 Å². The molecule has 0 aliphatic carbocycles. The molecule has 0 saturated carbocycles. The first-order chi connectivity index (χ1) is 7.17. The highest BCUT2D eigenvalue weighted by Gasteiger charge is 2.28. The van der Waals surface area contributed by atoms with Crippen LogP contribution in [0.1, 0.15) is 41.5 Å². The Balaban J connectivity index is 4.43. The van der Waals surface area contributed by atoms with Crippen molar-refractivity contribution in [2.45, 2.75) is 59.2 Å². The molecule has 0 heterocycles. The van der Waals surface area contributed by atoms with Gasteiger partial charge in [0.1, 0.15) is 11.6 Å². The van der Waals surface area contributed by atoms with Crippen LogP contribution in [0.4, 0.5) is 4.79 Å². The molecule has 0 radical (unpaired) electrons. The molecule has 0 spiro atoms. The average molecular weight is 226 g/mol. The molecule has 0 fully saturated rings. The third-order valence-electron chi connectivity index (χ3n) is 2.12. The molecule has 0 aliphatic rings. The Bertz CT molecular complexity index is 274. The fourth-order valence-electron chi connectivity index (χ4n) is 1.37. The van der Waals surface area contributed by atoms with E-state index in [-0.39, 0.29) is 18.0 Å². The Labute approximate surface area is 98.2 Å². The second kappa shape index (κ2) is 5.74. The summed E-state index contributed by atoms with van der Waals surface area (Å²) in [7, 11) is 0. The molecule has 92 valence electrons. The number of rotatable bonds is 3. The first-order valence-corrected chi connectivity index (χ1v) is 5.53. The minimum absolute atomic E-state index is 0.174. The lowest BCUT2D eigenvalue weighted by Crippen LogP contribution is -2.46. The summed E-state index contributed by atoms with van der Waals surface area (Å²) in [5.74, 6) is 0.205. The van der Waals surface area contributed by atoms with Crippen LogP contribution in [0.5, 0.6) is 0 Å². The number of carbonyl (C=O) groups is 1. The smallest absolute Gasteiger partial charge is 0.408 e. The molecule has 0 bridgehead atoms. The fraction of sp³-hybridized carbons (Fsp3) is 0.833. The Morgan fingerprint density at radius 1 is 1.31 bits per heavy atom. The van der Waals surface area contributed by atoms with Crippen molar-refractivity contribution >= 4 is 6.09 Å². The molecule has 4 nitrogen and oxygen atoms in total. The predicted octanol–water partition coefficient (Wildman–Crippen LogP) is 2.84. The van der Waals surface area contributed by atoms with Crippen LogP contribution in [0, 0.1) is 12.5 Å². The lowest BCUT2D eigenvalue weighted by molar-refractivity contribution is 0.0486. The SMILES string of the molecule is [C-]#[N+]C(C)C(NC(=O)OC(C)(C)C)C(C)C. The molecule has 1 amide bonds. The Morgan fingerprint density at radius 3 is 2.12 bits per heavy atom. The van der Waals surface area contributed by atoms with Gasteiger partial charge >= 0.3 is 6.09 Å². The summed E-state index contributed by atoms with van der Waals surface area (Å²) in [4.78, 5) is 15.0. The number of alkyl carbamates (subject to hydrolysis) is 1. The highest BCUT2D eigenvalue weighted by atomic mass is 16.6. The highest BCUT2D eigenvalue weighted by Crippen LogP contribution is 2.12. The van der Waals surface area contributed by atoms with Crippen LogP contribution in [0.3, 0.4) is 0 Å². The lowest BCUT2D eigenvalue weighted by Gasteiger charge is -2.25. The monoisotopic (exact) mass is 226 g/mol. The van der Waals surface area contributed by atoms with E-state index in [1.807, 2.05) is 34.6 Å². The van der Waals surface area contributed by atoms with Crippen molar-refractivity contribution in [3.63, 3.8) is 0 Å². The summed E-state index contributed by atoms with van der Waals surface area (Å²) in [6.45, 7) is 18.2. The first-order valence-electron chi connectivity index (χ1n) is 5.53. The second-order valence-electron chi connectivity index (χ2n) is 5.29. The van der Waals surface area contributed by atoms with E-state index in [1.165, 1.54) is 0 Å². The number of amides is 1. The number of nitrogens with one attached hydrogen (secondary N) is 1. The molecule has 0 rings (SSSR count). The number of hydrogen-bond donors (Lipinski definition) is 1. The first kappa shape index (κ1) is 14.8. The molecule has 0 saturated heterocycles. The molecule has 2 atom stereocenters. The van der Waals surface area contributed by atoms with Crippen LogP contribution >= 0.6 is 0 Å². The van der Waals surface area contributed by atoms with Crippen molar-refractivity contribution in [1.29, 1.82) is 0 Å². The minimum Gasteiger partial charge on any atom is -0.444 e. The summed E-state index contributed by atoms with van der Waals surface area (Å²) < 4.78 is 5.16. The van der Waals surface area contributed by atoms with E-state index in [2.05, 4.69) is 10.2 Å². The van der Waals surface area contributed by atoms with Gasteiger partial charge in [-0.15, -0.1) is 0 Å². The topological polar surface area (TPSA) is 42.7 Å². The zero-order chi connectivity index (χ0) is 12.9. The second-order valence-corrected chi connectivity index (χ2v) is 5.29. The summed E-state index contributed by atoms with van der Waals surface area (Å²) in [6.07, 6.45) is -0.457. The van der Waals surface area contributed by atoms with Gasteiger partial charge in [-0.1, -0.05) is 13.8 Å². The van der Waals surface area contributed by atoms with Gasteiger partial charge in [0.15, 0.2) is 0 Å². The fourth-order valence-corrected chi connectivity index (χ4v) is 1.37. The van der Waals surface area contributed by atoms with Crippen molar-refractivity contribution in [3.05, 3.63) is 11.4 Å². The standard InChI is InChI=1S/C12H22N2O2/c1-8(2)10(9(3)13-7)14-11(15)16-12(4,5)6/h8-10H,1-6H3,(H,14,15). The van der Waals surface area contributed by atoms with Crippen LogP contribution < -0.4 is 5.32 Å². The van der Waals surface area contributed by atoms with Crippen LogP contribution in [0.2, 0.25) is 0 Å². The largest absolute Gasteiger partial charge is 0.444 e. The van der Waals surface area contributed by atoms with Crippen LogP contribution in [0.15, 0.2) is 0 Å². The summed E-state index contributed by atoms with van der Waals surface area (Å²) in [5, 5.41) is 2.75. The minimum atomic E-state index is -0.507. The maximum absolute atomic E-state index is 11.6. The van der Waals surface area contributed by atoms with Gasteiger partial charge in [-0.2, -0.15) is 0 Å². The number of nitrogens with zero attached hydrogens (tertiary/aromatic N) is 1. The summed E-state index contributed by atoms with van der Waals surface area (Å²) in [5.41, 5.74) is -0.507. The molecule has 16 heavy (non-hydrogen) atoms. The Hall–Kier alpha value is -1.24. The molecule has 0 aromatic carbocycles. The van der Waals surface area contributed by atoms with Crippen molar-refractivity contribution in [2.75, 3.05) is 0 Å². The number of ether oxygens (including phenoxy) is 1. The van der Waals surface area contributed by atoms with E-state index >= 15 is 0 Å². The number of carbonyl (C=O) groups excluding carboxylic acids is 1. The van der Waals surface area contributed by atoms with E-state index in [0.717, 1.165) is 0 Å². The predicted molar refractivity (Wildman–Crippen MR) is 64.1 cm³/mol. The maximum Gasteiger partial charge on any atom is 0.408 e. The molecule has 0 aromatic heterocycles. The molecule has 2 unspecified atom stereocenters. The summed E-state index contributed by atoms with van der Waals surface area (Å²) in [6, 6.07) is -0.417. The van der Waals surface area contributed by atoms with Gasteiger partial charge in [0.25, 0.3) is 0 Å². The maximum atomic E-state index is 11.6. The van der Waals surface area contributed by atoms with Crippen LogP contribution in [-0.2, 0) is 4.74 Å². The summed E-state index contributed by atoms with van der Waals surface area (Å²) >= 11 is 0. The molecule has 0 aliphatic heterocycles. The highest BCUT2D eigenvalue weighted by molar-refractivity contribution is 5.68. The quantitative estimate of drug-likeness (QED) is 0.752. The van der Waals surface area contributed by atoms with Crippen molar-refractivity contribution < 1.29 is 9.53 Å². The van der Waals surface area contributed by atoms with Crippen LogP contribution in [-0.4, -0.2) is 23.8 Å². The molecule has 0 aromatic rings. The van der Waals surface area contributed by atoms with E-state index in [0.29, 0.717) is 0 Å². The van der Waals surface area contributed by atoms with Crippen molar-refractivity contribution in [1.82, 2.24) is 5.32 Å². The lowest BCUT2D eigenvalue weighted by atomic mass is 9.98. The number of hydrogen-bond acceptors (Lipinski definition) is 2. The van der Waals surface area contributed by atoms with Gasteiger partial charge in [-0.25, -0.2) is 11.4 Å². The van der Waals surface area contributed by atoms with Gasteiger partial charge in [0.05, 0.1) is 0 Å².